The molecule has 0 aromatic carbocycles. The fraction of sp³-hybridized carbons (Fsp3) is 0.625. The molecular weight excluding hydrogens is 384 g/mol. The molecule has 30 heavy (non-hydrogen) atoms. The van der Waals surface area contributed by atoms with Crippen LogP contribution in [0.4, 0.5) is 0 Å². The van der Waals surface area contributed by atoms with Gasteiger partial charge in [-0.3, -0.25) is 0 Å². The maximum Gasteiger partial charge on any atom is 0.337 e. The van der Waals surface area contributed by atoms with Crippen molar-refractivity contribution >= 4 is 17.9 Å². The molecule has 0 aromatic heterocycles. The lowest BCUT2D eigenvalue weighted by atomic mass is 9.70. The quantitative estimate of drug-likeness (QED) is 0.261. The smallest absolute Gasteiger partial charge is 0.337 e. The minimum Gasteiger partial charge on any atom is -0.478 e. The predicted octanol–water partition coefficient (Wildman–Crippen LogP) is 4.85. The van der Waals surface area contributed by atoms with Gasteiger partial charge in [-0.2, -0.15) is 0 Å². The molecular formula is C24H36O6. The number of aliphatic carboxylic acids is 1. The summed E-state index contributed by atoms with van der Waals surface area (Å²) < 4.78 is 10.4. The minimum absolute atomic E-state index is 0.0449. The van der Waals surface area contributed by atoms with Gasteiger partial charge in [0.05, 0.1) is 12.2 Å². The van der Waals surface area contributed by atoms with Crippen molar-refractivity contribution in [1.82, 2.24) is 0 Å². The van der Waals surface area contributed by atoms with Gasteiger partial charge in [0, 0.05) is 17.1 Å². The third kappa shape index (κ3) is 6.07. The van der Waals surface area contributed by atoms with Crippen LogP contribution < -0.4 is 0 Å². The van der Waals surface area contributed by atoms with Crippen LogP contribution in [0.15, 0.2) is 36.5 Å². The molecule has 6 heteroatoms. The van der Waals surface area contributed by atoms with Gasteiger partial charge in [-0.15, -0.1) is 0 Å². The van der Waals surface area contributed by atoms with E-state index in [1.165, 1.54) is 12.8 Å². The highest BCUT2D eigenvalue weighted by Gasteiger charge is 2.62. The number of carboxylic acid groups (broad SMARTS) is 1. The fourth-order valence-corrected chi connectivity index (χ4v) is 4.18. The lowest BCUT2D eigenvalue weighted by Crippen LogP contribution is -2.38. The maximum absolute atomic E-state index is 11.6. The van der Waals surface area contributed by atoms with Crippen molar-refractivity contribution in [1.29, 1.82) is 0 Å². The van der Waals surface area contributed by atoms with Crippen LogP contribution >= 0.6 is 0 Å². The lowest BCUT2D eigenvalue weighted by molar-refractivity contribution is -0.152. The van der Waals surface area contributed by atoms with Crippen molar-refractivity contribution in [3.05, 3.63) is 36.5 Å². The number of ether oxygens (including phenoxy) is 2. The maximum atomic E-state index is 11.6. The number of hydrogen-bond acceptors (Lipinski definition) is 5. The highest BCUT2D eigenvalue weighted by Crippen LogP contribution is 2.66. The van der Waals surface area contributed by atoms with Crippen LogP contribution in [0.1, 0.15) is 66.7 Å². The zero-order valence-corrected chi connectivity index (χ0v) is 19.0. The molecule has 0 aliphatic heterocycles. The van der Waals surface area contributed by atoms with Gasteiger partial charge >= 0.3 is 17.9 Å². The molecule has 6 nitrogen and oxygen atoms in total. The molecule has 1 N–H and O–H groups in total. The van der Waals surface area contributed by atoms with Crippen molar-refractivity contribution in [3.63, 3.8) is 0 Å². The van der Waals surface area contributed by atoms with Gasteiger partial charge in [0.25, 0.3) is 0 Å². The molecule has 0 radical (unpaired) electrons. The van der Waals surface area contributed by atoms with Gasteiger partial charge in [-0.1, -0.05) is 47.3 Å². The number of hydrogen-bond donors (Lipinski definition) is 1. The first kappa shape index (κ1) is 25.7. The van der Waals surface area contributed by atoms with Gasteiger partial charge in [0.15, 0.2) is 0 Å². The second-order valence-electron chi connectivity index (χ2n) is 8.97. The number of rotatable bonds is 8. The van der Waals surface area contributed by atoms with Gasteiger partial charge < -0.3 is 14.6 Å². The lowest BCUT2D eigenvalue weighted by Gasteiger charge is -2.38. The van der Waals surface area contributed by atoms with E-state index in [2.05, 4.69) is 33.9 Å². The third-order valence-electron chi connectivity index (χ3n) is 6.73. The van der Waals surface area contributed by atoms with E-state index >= 15 is 0 Å². The summed E-state index contributed by atoms with van der Waals surface area (Å²) in [7, 11) is 0. The van der Waals surface area contributed by atoms with Crippen LogP contribution in [0, 0.1) is 16.7 Å². The SMILES string of the molecule is C=C(C)C(=O)OC1CC2CCC1(C)C2(C)C.C=C(C=CC(=O)O)C(=O)OCCCC. The van der Waals surface area contributed by atoms with Crippen molar-refractivity contribution in [2.45, 2.75) is 72.8 Å². The standard InChI is InChI=1S/C14H22O2.C10H14O4/c1-9(2)12(15)16-11-8-10-6-7-14(11,5)13(10,3)4;1-3-4-7-14-10(13)8(2)5-6-9(11)12/h10-11H,1,6-8H2,2-5H3;5-6H,2-4,7H2,1H3,(H,11,12). The molecule has 0 amide bonds. The summed E-state index contributed by atoms with van der Waals surface area (Å²) in [6.45, 7) is 18.0. The monoisotopic (exact) mass is 420 g/mol. The van der Waals surface area contributed by atoms with Crippen LogP contribution in [0.3, 0.4) is 0 Å². The molecule has 3 atom stereocenters. The highest BCUT2D eigenvalue weighted by atomic mass is 16.5. The van der Waals surface area contributed by atoms with E-state index in [1.807, 2.05) is 6.92 Å². The van der Waals surface area contributed by atoms with Crippen molar-refractivity contribution < 1.29 is 29.0 Å². The van der Waals surface area contributed by atoms with Crippen LogP contribution in [-0.2, 0) is 23.9 Å². The fourth-order valence-electron chi connectivity index (χ4n) is 4.18. The van der Waals surface area contributed by atoms with E-state index in [0.717, 1.165) is 31.4 Å². The number of carboxylic acids is 1. The number of carbonyl (C=O) groups is 3. The Balaban J connectivity index is 0.000000304. The molecule has 2 aliphatic carbocycles. The molecule has 2 aliphatic rings. The van der Waals surface area contributed by atoms with Crippen molar-refractivity contribution in [2.75, 3.05) is 6.61 Å². The van der Waals surface area contributed by atoms with Gasteiger partial charge in [-0.25, -0.2) is 14.4 Å². The molecule has 3 unspecified atom stereocenters. The first-order valence-electron chi connectivity index (χ1n) is 10.5. The summed E-state index contributed by atoms with van der Waals surface area (Å²) in [6, 6.07) is 0. The Morgan fingerprint density at radius 2 is 1.77 bits per heavy atom. The van der Waals surface area contributed by atoms with E-state index in [1.54, 1.807) is 6.92 Å². The molecule has 0 saturated heterocycles. The zero-order valence-electron chi connectivity index (χ0n) is 19.0. The third-order valence-corrected chi connectivity index (χ3v) is 6.73. The second kappa shape index (κ2) is 10.6. The summed E-state index contributed by atoms with van der Waals surface area (Å²) in [5.41, 5.74) is 1.00. The van der Waals surface area contributed by atoms with E-state index in [4.69, 9.17) is 14.6 Å². The number of carbonyl (C=O) groups excluding carboxylic acids is 2. The van der Waals surface area contributed by atoms with Gasteiger partial charge in [0.2, 0.25) is 0 Å². The number of fused-ring (bicyclic) bond motifs is 2. The van der Waals surface area contributed by atoms with Gasteiger partial charge in [0.1, 0.15) is 6.10 Å². The Hall–Kier alpha value is -2.37. The topological polar surface area (TPSA) is 89.9 Å². The average Bonchev–Trinajstić information content (AvgIpc) is 3.00. The molecule has 2 fully saturated rings. The van der Waals surface area contributed by atoms with Crippen LogP contribution in [0.5, 0.6) is 0 Å². The summed E-state index contributed by atoms with van der Waals surface area (Å²) in [5.74, 6) is -1.21. The molecule has 168 valence electrons. The van der Waals surface area contributed by atoms with E-state index < -0.39 is 11.9 Å². The molecule has 0 spiro atoms. The summed E-state index contributed by atoms with van der Waals surface area (Å²) in [5, 5.41) is 8.28. The summed E-state index contributed by atoms with van der Waals surface area (Å²) >= 11 is 0. The molecule has 2 bridgehead atoms. The first-order valence-corrected chi connectivity index (χ1v) is 10.5. The Bertz CT molecular complexity index is 717. The van der Waals surface area contributed by atoms with Crippen LogP contribution in [0.25, 0.3) is 0 Å². The Labute approximate surface area is 180 Å². The molecule has 2 saturated carbocycles. The highest BCUT2D eigenvalue weighted by molar-refractivity contribution is 5.93. The van der Waals surface area contributed by atoms with E-state index in [9.17, 15) is 14.4 Å². The van der Waals surface area contributed by atoms with Crippen LogP contribution in [-0.4, -0.2) is 35.7 Å². The summed E-state index contributed by atoms with van der Waals surface area (Å²) in [6.07, 6.45) is 7.28. The zero-order chi connectivity index (χ0) is 23.1. The number of esters is 2. The molecule has 0 aromatic rings. The van der Waals surface area contributed by atoms with E-state index in [-0.39, 0.29) is 23.1 Å². The molecule has 0 heterocycles. The number of unbranched alkanes of at least 4 members (excludes halogenated alkanes) is 1. The van der Waals surface area contributed by atoms with Gasteiger partial charge in [-0.05, 0) is 50.0 Å². The largest absolute Gasteiger partial charge is 0.478 e. The predicted molar refractivity (Wildman–Crippen MR) is 116 cm³/mol. The average molecular weight is 421 g/mol. The van der Waals surface area contributed by atoms with Crippen molar-refractivity contribution in [3.8, 4) is 0 Å². The van der Waals surface area contributed by atoms with Crippen LogP contribution in [0.2, 0.25) is 0 Å². The summed E-state index contributed by atoms with van der Waals surface area (Å²) in [4.78, 5) is 32.8. The van der Waals surface area contributed by atoms with Crippen molar-refractivity contribution in [2.24, 2.45) is 16.7 Å². The molecule has 2 rings (SSSR count). The first-order chi connectivity index (χ1) is 13.9. The minimum atomic E-state index is -1.12. The Kier molecular flexibility index (Phi) is 9.07. The van der Waals surface area contributed by atoms with E-state index in [0.29, 0.717) is 23.5 Å². The normalized spacial score (nSPS) is 25.9. The Morgan fingerprint density at radius 3 is 2.20 bits per heavy atom. The second-order valence-corrected chi connectivity index (χ2v) is 8.97. The Morgan fingerprint density at radius 1 is 1.13 bits per heavy atom.